The predicted octanol–water partition coefficient (Wildman–Crippen LogP) is 1.98. The van der Waals surface area contributed by atoms with Crippen LogP contribution < -0.4 is 5.32 Å². The summed E-state index contributed by atoms with van der Waals surface area (Å²) in [6.45, 7) is 1.93. The fourth-order valence-electron chi connectivity index (χ4n) is 1.42. The molecular formula is C11H11N3O3S. The Morgan fingerprint density at radius 3 is 2.89 bits per heavy atom. The summed E-state index contributed by atoms with van der Waals surface area (Å²) in [5, 5.41) is 18.2. The summed E-state index contributed by atoms with van der Waals surface area (Å²) in [5.74, 6) is -1.45. The van der Waals surface area contributed by atoms with E-state index in [9.17, 15) is 9.59 Å². The second kappa shape index (κ2) is 5.01. The van der Waals surface area contributed by atoms with Gasteiger partial charge in [-0.05, 0) is 18.6 Å². The summed E-state index contributed by atoms with van der Waals surface area (Å²) in [4.78, 5) is 23.7. The van der Waals surface area contributed by atoms with Gasteiger partial charge in [0.1, 0.15) is 10.7 Å². The Morgan fingerprint density at radius 1 is 1.56 bits per heavy atom. The maximum atomic E-state index is 11.8. The van der Waals surface area contributed by atoms with Crippen molar-refractivity contribution in [1.29, 1.82) is 0 Å². The molecule has 0 spiro atoms. The lowest BCUT2D eigenvalue weighted by Gasteiger charge is -2.01. The zero-order valence-electron chi connectivity index (χ0n) is 9.56. The molecule has 0 aliphatic rings. The molecule has 0 unspecified atom stereocenters. The van der Waals surface area contributed by atoms with Crippen molar-refractivity contribution in [3.8, 4) is 0 Å². The average molecular weight is 265 g/mol. The third-order valence-electron chi connectivity index (χ3n) is 2.33. The Labute approximate surface area is 107 Å². The number of amides is 1. The monoisotopic (exact) mass is 265 g/mol. The summed E-state index contributed by atoms with van der Waals surface area (Å²) in [7, 11) is 0. The molecule has 6 nitrogen and oxygen atoms in total. The molecule has 0 aromatic carbocycles. The number of aromatic nitrogens is 2. The van der Waals surface area contributed by atoms with Gasteiger partial charge in [0.25, 0.3) is 5.91 Å². The number of carbonyl (C=O) groups is 2. The second-order valence-corrected chi connectivity index (χ2v) is 4.68. The first-order valence-corrected chi connectivity index (χ1v) is 6.10. The minimum atomic E-state index is -1.05. The minimum absolute atomic E-state index is 0.115. The lowest BCUT2D eigenvalue weighted by Crippen LogP contribution is -2.13. The normalized spacial score (nSPS) is 10.3. The van der Waals surface area contributed by atoms with Crippen LogP contribution >= 0.6 is 11.3 Å². The van der Waals surface area contributed by atoms with E-state index < -0.39 is 11.9 Å². The van der Waals surface area contributed by atoms with E-state index in [2.05, 4.69) is 15.5 Å². The minimum Gasteiger partial charge on any atom is -0.478 e. The number of carbonyl (C=O) groups excluding carboxylic acids is 1. The number of hydrogen-bond acceptors (Lipinski definition) is 4. The van der Waals surface area contributed by atoms with Crippen LogP contribution in [0.4, 0.5) is 5.00 Å². The molecule has 1 amide bonds. The van der Waals surface area contributed by atoms with Crippen molar-refractivity contribution in [2.24, 2.45) is 0 Å². The fraction of sp³-hybridized carbons (Fsp3) is 0.182. The standard InChI is InChI=1S/C11H11N3O3S/c1-2-6-5-7(11(16)17)10(18-6)13-9(15)8-3-4-12-14-8/h3-5H,2H2,1H3,(H,12,14)(H,13,15)(H,16,17). The van der Waals surface area contributed by atoms with Crippen LogP contribution in [0.2, 0.25) is 0 Å². The summed E-state index contributed by atoms with van der Waals surface area (Å²) in [5.41, 5.74) is 0.405. The van der Waals surface area contributed by atoms with Crippen LogP contribution in [0, 0.1) is 0 Å². The number of aromatic carboxylic acids is 1. The Kier molecular flexibility index (Phi) is 3.42. The van der Waals surface area contributed by atoms with Gasteiger partial charge in [-0.25, -0.2) is 4.79 Å². The molecule has 0 aliphatic heterocycles. The zero-order chi connectivity index (χ0) is 13.1. The first-order valence-electron chi connectivity index (χ1n) is 5.28. The molecule has 2 aromatic rings. The molecule has 0 aliphatic carbocycles. The van der Waals surface area contributed by atoms with Gasteiger partial charge in [0.05, 0.1) is 5.56 Å². The second-order valence-electron chi connectivity index (χ2n) is 3.54. The molecule has 0 fully saturated rings. The van der Waals surface area contributed by atoms with E-state index in [1.165, 1.54) is 23.6 Å². The number of H-pyrrole nitrogens is 1. The van der Waals surface area contributed by atoms with Crippen LogP contribution in [0.3, 0.4) is 0 Å². The molecule has 18 heavy (non-hydrogen) atoms. The Hall–Kier alpha value is -2.15. The highest BCUT2D eigenvalue weighted by Crippen LogP contribution is 2.28. The maximum Gasteiger partial charge on any atom is 0.338 e. The number of rotatable bonds is 4. The van der Waals surface area contributed by atoms with Crippen LogP contribution in [-0.2, 0) is 6.42 Å². The number of nitrogens with one attached hydrogen (secondary N) is 2. The van der Waals surface area contributed by atoms with E-state index in [0.717, 1.165) is 11.3 Å². The molecule has 0 bridgehead atoms. The summed E-state index contributed by atoms with van der Waals surface area (Å²) < 4.78 is 0. The van der Waals surface area contributed by atoms with Gasteiger partial charge in [0, 0.05) is 11.1 Å². The highest BCUT2D eigenvalue weighted by molar-refractivity contribution is 7.16. The molecule has 0 saturated heterocycles. The highest BCUT2D eigenvalue weighted by Gasteiger charge is 2.17. The molecular weight excluding hydrogens is 254 g/mol. The van der Waals surface area contributed by atoms with Crippen molar-refractivity contribution >= 4 is 28.2 Å². The molecule has 3 N–H and O–H groups in total. The van der Waals surface area contributed by atoms with Crippen molar-refractivity contribution in [3.63, 3.8) is 0 Å². The lowest BCUT2D eigenvalue weighted by atomic mass is 10.2. The lowest BCUT2D eigenvalue weighted by molar-refractivity contribution is 0.0698. The number of nitrogens with zero attached hydrogens (tertiary/aromatic N) is 1. The first-order chi connectivity index (χ1) is 8.61. The number of aryl methyl sites for hydroxylation is 1. The van der Waals surface area contributed by atoms with Gasteiger partial charge in [-0.15, -0.1) is 11.3 Å². The number of aromatic amines is 1. The molecule has 2 rings (SSSR count). The quantitative estimate of drug-likeness (QED) is 0.787. The molecule has 2 aromatic heterocycles. The van der Waals surface area contributed by atoms with Gasteiger partial charge in [0.2, 0.25) is 0 Å². The Bertz CT molecular complexity index is 574. The van der Waals surface area contributed by atoms with E-state index in [1.54, 1.807) is 6.07 Å². The van der Waals surface area contributed by atoms with Gasteiger partial charge >= 0.3 is 5.97 Å². The van der Waals surface area contributed by atoms with Crippen LogP contribution in [-0.4, -0.2) is 27.2 Å². The van der Waals surface area contributed by atoms with Gasteiger partial charge in [-0.1, -0.05) is 6.92 Å². The number of carboxylic acids is 1. The van der Waals surface area contributed by atoms with Crippen molar-refractivity contribution in [2.45, 2.75) is 13.3 Å². The third-order valence-corrected chi connectivity index (χ3v) is 3.53. The summed E-state index contributed by atoms with van der Waals surface area (Å²) in [6.07, 6.45) is 2.18. The third kappa shape index (κ3) is 2.40. The molecule has 0 radical (unpaired) electrons. The number of thiophene rings is 1. The number of carboxylic acid groups (broad SMARTS) is 1. The average Bonchev–Trinajstić information content (AvgIpc) is 2.97. The van der Waals surface area contributed by atoms with Crippen LogP contribution in [0.25, 0.3) is 0 Å². The number of anilines is 1. The Balaban J connectivity index is 2.25. The van der Waals surface area contributed by atoms with Crippen molar-refractivity contribution in [1.82, 2.24) is 10.2 Å². The SMILES string of the molecule is CCc1cc(C(=O)O)c(NC(=O)c2ccn[nH]2)s1. The highest BCUT2D eigenvalue weighted by atomic mass is 32.1. The van der Waals surface area contributed by atoms with Gasteiger partial charge < -0.3 is 10.4 Å². The predicted molar refractivity (Wildman–Crippen MR) is 67.2 cm³/mol. The van der Waals surface area contributed by atoms with Gasteiger partial charge in [-0.3, -0.25) is 9.89 Å². The molecule has 7 heteroatoms. The fourth-order valence-corrected chi connectivity index (χ4v) is 2.40. The molecule has 94 valence electrons. The molecule has 0 atom stereocenters. The summed E-state index contributed by atoms with van der Waals surface area (Å²) in [6, 6.07) is 3.10. The van der Waals surface area contributed by atoms with Crippen molar-refractivity contribution in [3.05, 3.63) is 34.5 Å². The van der Waals surface area contributed by atoms with Gasteiger partial charge in [0.15, 0.2) is 0 Å². The smallest absolute Gasteiger partial charge is 0.338 e. The van der Waals surface area contributed by atoms with E-state index in [4.69, 9.17) is 5.11 Å². The molecule has 2 heterocycles. The largest absolute Gasteiger partial charge is 0.478 e. The molecule has 0 saturated carbocycles. The number of hydrogen-bond donors (Lipinski definition) is 3. The van der Waals surface area contributed by atoms with Crippen molar-refractivity contribution in [2.75, 3.05) is 5.32 Å². The van der Waals surface area contributed by atoms with Crippen molar-refractivity contribution < 1.29 is 14.7 Å². The first kappa shape index (κ1) is 12.3. The van der Waals surface area contributed by atoms with E-state index in [0.29, 0.717) is 5.00 Å². The topological polar surface area (TPSA) is 95.1 Å². The van der Waals surface area contributed by atoms with Crippen LogP contribution in [0.15, 0.2) is 18.3 Å². The van der Waals surface area contributed by atoms with E-state index >= 15 is 0 Å². The summed E-state index contributed by atoms with van der Waals surface area (Å²) >= 11 is 1.27. The van der Waals surface area contributed by atoms with Crippen LogP contribution in [0.5, 0.6) is 0 Å². The van der Waals surface area contributed by atoms with Gasteiger partial charge in [-0.2, -0.15) is 5.10 Å². The zero-order valence-corrected chi connectivity index (χ0v) is 10.4. The van der Waals surface area contributed by atoms with E-state index in [1.807, 2.05) is 6.92 Å². The van der Waals surface area contributed by atoms with E-state index in [-0.39, 0.29) is 11.3 Å². The van der Waals surface area contributed by atoms with Crippen LogP contribution in [0.1, 0.15) is 32.6 Å². The Morgan fingerprint density at radius 2 is 2.33 bits per heavy atom. The maximum absolute atomic E-state index is 11.8.